The number of pyridine rings is 1. The minimum Gasteiger partial charge on any atom is -0.316 e. The second kappa shape index (κ2) is 3.22. The van der Waals surface area contributed by atoms with Crippen molar-refractivity contribution in [2.45, 2.75) is 19.8 Å². The molecule has 4 heteroatoms. The molecule has 0 radical (unpaired) electrons. The molecule has 2 aromatic heterocycles. The normalized spacial score (nSPS) is 15.3. The van der Waals surface area contributed by atoms with E-state index in [0.29, 0.717) is 5.39 Å². The summed E-state index contributed by atoms with van der Waals surface area (Å²) in [6, 6.07) is 0. The lowest BCUT2D eigenvalue weighted by Gasteiger charge is -2.09. The highest BCUT2D eigenvalue weighted by molar-refractivity contribution is 5.81. The molecule has 0 unspecified atom stereocenters. The van der Waals surface area contributed by atoms with E-state index in [1.165, 1.54) is 10.8 Å². The number of hydrogen-bond donors (Lipinski definition) is 0. The maximum absolute atomic E-state index is 12.1. The largest absolute Gasteiger partial charge is 0.316 e. The van der Waals surface area contributed by atoms with Gasteiger partial charge in [-0.2, -0.15) is 5.10 Å². The van der Waals surface area contributed by atoms with Crippen LogP contribution in [-0.4, -0.2) is 14.3 Å². The summed E-state index contributed by atoms with van der Waals surface area (Å²) in [6.07, 6.45) is 3.19. The lowest BCUT2D eigenvalue weighted by atomic mass is 10.0. The Hall–Kier alpha value is -1.58. The van der Waals surface area contributed by atoms with Crippen LogP contribution in [0.5, 0.6) is 0 Å². The lowest BCUT2D eigenvalue weighted by molar-refractivity contribution is 0.770. The zero-order valence-corrected chi connectivity index (χ0v) is 8.98. The van der Waals surface area contributed by atoms with Gasteiger partial charge < -0.3 is 4.57 Å². The van der Waals surface area contributed by atoms with Crippen molar-refractivity contribution >= 4 is 10.9 Å². The van der Waals surface area contributed by atoms with E-state index < -0.39 is 6.98 Å². The van der Waals surface area contributed by atoms with Gasteiger partial charge in [0.05, 0.1) is 6.20 Å². The Labute approximate surface area is 92.4 Å². The van der Waals surface area contributed by atoms with E-state index in [0.717, 1.165) is 10.2 Å². The van der Waals surface area contributed by atoms with Gasteiger partial charge in [0.1, 0.15) is 5.52 Å². The van der Waals surface area contributed by atoms with E-state index >= 15 is 0 Å². The fourth-order valence-electron chi connectivity index (χ4n) is 1.73. The van der Waals surface area contributed by atoms with Crippen LogP contribution < -0.4 is 5.56 Å². The van der Waals surface area contributed by atoms with Gasteiger partial charge in [0, 0.05) is 29.7 Å². The molecule has 4 nitrogen and oxygen atoms in total. The van der Waals surface area contributed by atoms with Gasteiger partial charge in [-0.05, 0) is 11.5 Å². The molecular weight excluding hydrogens is 190 g/mol. The number of hydrogen-bond acceptors (Lipinski definition) is 2. The maximum Gasteiger partial charge on any atom is 0.276 e. The first-order chi connectivity index (χ1) is 8.23. The van der Waals surface area contributed by atoms with E-state index in [2.05, 4.69) is 5.10 Å². The van der Waals surface area contributed by atoms with Crippen molar-refractivity contribution in [3.05, 3.63) is 28.3 Å². The summed E-state index contributed by atoms with van der Waals surface area (Å²) in [4.78, 5) is 12.1. The summed E-state index contributed by atoms with van der Waals surface area (Å²) in [6.45, 7) is 1.54. The highest BCUT2D eigenvalue weighted by atomic mass is 16.1. The van der Waals surface area contributed by atoms with Crippen LogP contribution in [0.4, 0.5) is 0 Å². The Morgan fingerprint density at radius 2 is 2.27 bits per heavy atom. The van der Waals surface area contributed by atoms with Gasteiger partial charge in [0.15, 0.2) is 0 Å². The van der Waals surface area contributed by atoms with Crippen molar-refractivity contribution in [2.24, 2.45) is 14.0 Å². The van der Waals surface area contributed by atoms with Crippen LogP contribution in [0.25, 0.3) is 10.9 Å². The number of rotatable bonds is 1. The van der Waals surface area contributed by atoms with Crippen LogP contribution in [-0.2, 0) is 14.0 Å². The van der Waals surface area contributed by atoms with Crippen molar-refractivity contribution in [3.8, 4) is 0 Å². The second-order valence-electron chi connectivity index (χ2n) is 3.97. The van der Waals surface area contributed by atoms with E-state index in [9.17, 15) is 4.79 Å². The average molecular weight is 208 g/mol. The Balaban J connectivity index is 2.94. The summed E-state index contributed by atoms with van der Waals surface area (Å²) < 4.78 is 24.4. The Morgan fingerprint density at radius 3 is 2.87 bits per heavy atom. The second-order valence-corrected chi connectivity index (χ2v) is 3.97. The summed E-state index contributed by atoms with van der Waals surface area (Å²) in [5, 5.41) is 4.47. The van der Waals surface area contributed by atoms with Crippen LogP contribution in [0.15, 0.2) is 17.2 Å². The quantitative estimate of drug-likeness (QED) is 0.710. The van der Waals surface area contributed by atoms with E-state index in [-0.39, 0.29) is 17.0 Å². The number of aromatic nitrogens is 3. The highest BCUT2D eigenvalue weighted by Crippen LogP contribution is 2.21. The minimum absolute atomic E-state index is 0.142. The first kappa shape index (κ1) is 6.82. The van der Waals surface area contributed by atoms with Crippen molar-refractivity contribution in [1.82, 2.24) is 14.3 Å². The third-order valence-electron chi connectivity index (χ3n) is 2.56. The molecule has 0 N–H and O–H groups in total. The number of fused-ring (bicyclic) bond motifs is 1. The van der Waals surface area contributed by atoms with Gasteiger partial charge in [-0.25, -0.2) is 0 Å². The smallest absolute Gasteiger partial charge is 0.276 e. The van der Waals surface area contributed by atoms with Gasteiger partial charge in [-0.3, -0.25) is 9.48 Å². The van der Waals surface area contributed by atoms with Gasteiger partial charge in [-0.15, -0.1) is 0 Å². The fraction of sp³-hybridized carbons (Fsp3) is 0.455. The maximum atomic E-state index is 12.1. The summed E-state index contributed by atoms with van der Waals surface area (Å²) in [5.41, 5.74) is 0.717. The van der Waals surface area contributed by atoms with Gasteiger partial charge >= 0.3 is 0 Å². The molecule has 0 atom stereocenters. The Bertz CT molecular complexity index is 652. The molecule has 0 aliphatic rings. The molecule has 15 heavy (non-hydrogen) atoms. The molecule has 2 rings (SSSR count). The van der Waals surface area contributed by atoms with E-state index in [1.807, 2.05) is 13.8 Å². The summed E-state index contributed by atoms with van der Waals surface area (Å²) in [7, 11) is 1.62. The molecular formula is C11H15N3O. The summed E-state index contributed by atoms with van der Waals surface area (Å²) in [5.74, 6) is 0.188. The van der Waals surface area contributed by atoms with Gasteiger partial charge in [0.25, 0.3) is 5.56 Å². The molecule has 0 spiro atoms. The van der Waals surface area contributed by atoms with Crippen molar-refractivity contribution in [2.75, 3.05) is 0 Å². The predicted molar refractivity (Wildman–Crippen MR) is 60.0 cm³/mol. The molecule has 80 valence electrons. The van der Waals surface area contributed by atoms with Crippen LogP contribution >= 0.6 is 0 Å². The van der Waals surface area contributed by atoms with E-state index in [1.54, 1.807) is 13.2 Å². The van der Waals surface area contributed by atoms with Crippen molar-refractivity contribution in [3.63, 3.8) is 0 Å². The first-order valence-electron chi connectivity index (χ1n) is 6.31. The fourth-order valence-corrected chi connectivity index (χ4v) is 1.73. The third-order valence-corrected chi connectivity index (χ3v) is 2.56. The van der Waals surface area contributed by atoms with Crippen molar-refractivity contribution in [1.29, 1.82) is 0 Å². The van der Waals surface area contributed by atoms with Gasteiger partial charge in [0.2, 0.25) is 0 Å². The molecule has 0 saturated heterocycles. The van der Waals surface area contributed by atoms with E-state index in [4.69, 9.17) is 4.11 Å². The van der Waals surface area contributed by atoms with Crippen LogP contribution in [0.3, 0.4) is 0 Å². The van der Waals surface area contributed by atoms with Crippen LogP contribution in [0.1, 0.15) is 29.4 Å². The van der Waals surface area contributed by atoms with Crippen LogP contribution in [0.2, 0.25) is 0 Å². The molecule has 2 aromatic rings. The third kappa shape index (κ3) is 1.37. The van der Waals surface area contributed by atoms with Crippen molar-refractivity contribution < 1.29 is 4.11 Å². The summed E-state index contributed by atoms with van der Waals surface area (Å²) >= 11 is 0. The number of nitrogens with zero attached hydrogens (tertiary/aromatic N) is 3. The lowest BCUT2D eigenvalue weighted by Crippen LogP contribution is -2.19. The number of aryl methyl sites for hydroxylation is 2. The molecule has 0 bridgehead atoms. The average Bonchev–Trinajstić information content (AvgIpc) is 2.66. The molecule has 0 fully saturated rings. The Kier molecular flexibility index (Phi) is 1.47. The monoisotopic (exact) mass is 208 g/mol. The zero-order valence-electron chi connectivity index (χ0n) is 12.0. The minimum atomic E-state index is -2.44. The van der Waals surface area contributed by atoms with Crippen LogP contribution in [0, 0.1) is 0 Å². The molecule has 0 aromatic carbocycles. The predicted octanol–water partition coefficient (Wildman–Crippen LogP) is 1.40. The SMILES string of the molecule is [2H]C([2H])([2H])n1ncc2c(C(C)C)cn(C)c(=O)c21. The van der Waals surface area contributed by atoms with Gasteiger partial charge in [-0.1, -0.05) is 13.8 Å². The molecule has 0 aliphatic carbocycles. The molecule has 0 amide bonds. The molecule has 0 aliphatic heterocycles. The first-order valence-corrected chi connectivity index (χ1v) is 4.81. The standard InChI is InChI=1S/C11H15N3O/c1-7(2)9-6-13(3)11(15)10-8(9)5-12-14(10)4/h5-7H,1-4H3/i4D3. The molecule has 0 saturated carbocycles. The topological polar surface area (TPSA) is 39.8 Å². The highest BCUT2D eigenvalue weighted by Gasteiger charge is 2.12. The Morgan fingerprint density at radius 1 is 1.53 bits per heavy atom. The molecule has 2 heterocycles. The zero-order chi connectivity index (χ0) is 13.7.